The number of furan rings is 1. The molecule has 0 aliphatic rings. The van der Waals surface area contributed by atoms with E-state index < -0.39 is 12.5 Å². The Labute approximate surface area is 68.7 Å². The number of hydrazone groups is 1. The zero-order chi connectivity index (χ0) is 8.81. The van der Waals surface area contributed by atoms with E-state index >= 15 is 0 Å². The Morgan fingerprint density at radius 2 is 2.67 bits per heavy atom. The van der Waals surface area contributed by atoms with Crippen LogP contribution in [0.2, 0.25) is 0 Å². The second-order valence-corrected chi connectivity index (χ2v) is 1.97. The van der Waals surface area contributed by atoms with Crippen LogP contribution in [-0.2, 0) is 4.79 Å². The Morgan fingerprint density at radius 1 is 1.83 bits per heavy atom. The maximum absolute atomic E-state index is 10.4. The fourth-order valence-electron chi connectivity index (χ4n) is 0.568. The monoisotopic (exact) mass is 168 g/mol. The van der Waals surface area contributed by atoms with Gasteiger partial charge in [-0.3, -0.25) is 4.79 Å². The summed E-state index contributed by atoms with van der Waals surface area (Å²) in [5, 5.41) is 11.8. The van der Waals surface area contributed by atoms with Crippen molar-refractivity contribution in [3.63, 3.8) is 0 Å². The summed E-state index contributed by atoms with van der Waals surface area (Å²) in [4.78, 5) is 10.4. The molecule has 1 aromatic heterocycles. The van der Waals surface area contributed by atoms with Crippen molar-refractivity contribution in [3.05, 3.63) is 24.2 Å². The number of nitrogens with one attached hydrogen (secondary N) is 1. The van der Waals surface area contributed by atoms with E-state index in [4.69, 9.17) is 9.52 Å². The number of hydrogen-bond donors (Lipinski definition) is 2. The molecule has 5 heteroatoms. The van der Waals surface area contributed by atoms with Gasteiger partial charge in [0.25, 0.3) is 5.91 Å². The predicted molar refractivity (Wildman–Crippen MR) is 41.5 cm³/mol. The quantitative estimate of drug-likeness (QED) is 0.481. The zero-order valence-corrected chi connectivity index (χ0v) is 6.23. The molecule has 1 heterocycles. The SMILES string of the molecule is O=C(CO)NN=Cc1ccco1. The molecule has 2 N–H and O–H groups in total. The smallest absolute Gasteiger partial charge is 0.265 e. The number of aliphatic hydroxyl groups excluding tert-OH is 1. The molecule has 0 saturated carbocycles. The van der Waals surface area contributed by atoms with Gasteiger partial charge < -0.3 is 9.52 Å². The average molecular weight is 168 g/mol. The summed E-state index contributed by atoms with van der Waals surface area (Å²) in [5.74, 6) is -0.0222. The first kappa shape index (κ1) is 8.48. The summed E-state index contributed by atoms with van der Waals surface area (Å²) < 4.78 is 4.89. The summed E-state index contributed by atoms with van der Waals surface area (Å²) >= 11 is 0. The van der Waals surface area contributed by atoms with Crippen molar-refractivity contribution in [1.82, 2.24) is 5.43 Å². The van der Waals surface area contributed by atoms with E-state index in [1.54, 1.807) is 12.1 Å². The molecule has 1 amide bonds. The molecule has 0 aliphatic carbocycles. The second kappa shape index (κ2) is 4.30. The summed E-state index contributed by atoms with van der Waals surface area (Å²) in [6, 6.07) is 3.39. The molecule has 0 fully saturated rings. The Bertz CT molecular complexity index is 266. The highest BCUT2D eigenvalue weighted by atomic mass is 16.3. The molecule has 1 rings (SSSR count). The highest BCUT2D eigenvalue weighted by molar-refractivity contribution is 5.80. The summed E-state index contributed by atoms with van der Waals surface area (Å²) in [6.45, 7) is -0.574. The molecule has 0 aromatic carbocycles. The van der Waals surface area contributed by atoms with Crippen molar-refractivity contribution in [3.8, 4) is 0 Å². The Hall–Kier alpha value is -1.62. The van der Waals surface area contributed by atoms with Crippen molar-refractivity contribution in [2.24, 2.45) is 5.10 Å². The molecule has 0 spiro atoms. The van der Waals surface area contributed by atoms with Gasteiger partial charge >= 0.3 is 0 Å². The van der Waals surface area contributed by atoms with Crippen molar-refractivity contribution in [2.45, 2.75) is 0 Å². The third-order valence-electron chi connectivity index (χ3n) is 1.07. The number of rotatable bonds is 3. The van der Waals surface area contributed by atoms with E-state index in [-0.39, 0.29) is 0 Å². The molecule has 0 unspecified atom stereocenters. The number of amides is 1. The largest absolute Gasteiger partial charge is 0.463 e. The van der Waals surface area contributed by atoms with E-state index in [9.17, 15) is 4.79 Å². The van der Waals surface area contributed by atoms with Gasteiger partial charge in [-0.05, 0) is 12.1 Å². The minimum absolute atomic E-state index is 0.535. The lowest BCUT2D eigenvalue weighted by Gasteiger charge is -1.91. The van der Waals surface area contributed by atoms with Gasteiger partial charge in [-0.1, -0.05) is 0 Å². The molecule has 0 saturated heterocycles. The standard InChI is InChI=1S/C7H8N2O3/c10-5-7(11)9-8-4-6-2-1-3-12-6/h1-4,10H,5H2,(H,9,11). The van der Waals surface area contributed by atoms with E-state index in [1.165, 1.54) is 12.5 Å². The topological polar surface area (TPSA) is 74.8 Å². The molecule has 0 radical (unpaired) electrons. The molecular weight excluding hydrogens is 160 g/mol. The number of aliphatic hydroxyl groups is 1. The van der Waals surface area contributed by atoms with Crippen molar-refractivity contribution < 1.29 is 14.3 Å². The Balaban J connectivity index is 2.37. The lowest BCUT2D eigenvalue weighted by molar-refractivity contribution is -0.123. The van der Waals surface area contributed by atoms with Crippen molar-refractivity contribution >= 4 is 12.1 Å². The van der Waals surface area contributed by atoms with Crippen LogP contribution < -0.4 is 5.43 Å². The predicted octanol–water partition coefficient (Wildman–Crippen LogP) is -0.278. The number of carbonyl (C=O) groups excluding carboxylic acids is 1. The van der Waals surface area contributed by atoms with E-state index in [0.717, 1.165) is 0 Å². The molecule has 5 nitrogen and oxygen atoms in total. The minimum atomic E-state index is -0.574. The number of carbonyl (C=O) groups is 1. The van der Waals surface area contributed by atoms with Gasteiger partial charge in [0.1, 0.15) is 12.4 Å². The van der Waals surface area contributed by atoms with Gasteiger partial charge in [-0.25, -0.2) is 5.43 Å². The van der Waals surface area contributed by atoms with Gasteiger partial charge in [-0.15, -0.1) is 0 Å². The molecule has 0 atom stereocenters. The second-order valence-electron chi connectivity index (χ2n) is 1.97. The normalized spacial score (nSPS) is 10.4. The third kappa shape index (κ3) is 2.55. The molecule has 0 bridgehead atoms. The third-order valence-corrected chi connectivity index (χ3v) is 1.07. The summed E-state index contributed by atoms with van der Waals surface area (Å²) in [6.07, 6.45) is 2.84. The van der Waals surface area contributed by atoms with Crippen LogP contribution in [0.25, 0.3) is 0 Å². The maximum atomic E-state index is 10.4. The minimum Gasteiger partial charge on any atom is -0.463 e. The fraction of sp³-hybridized carbons (Fsp3) is 0.143. The van der Waals surface area contributed by atoms with Gasteiger partial charge in [0.05, 0.1) is 12.5 Å². The van der Waals surface area contributed by atoms with Crippen molar-refractivity contribution in [2.75, 3.05) is 6.61 Å². The Kier molecular flexibility index (Phi) is 3.04. The van der Waals surface area contributed by atoms with Crippen LogP contribution in [0.3, 0.4) is 0 Å². The first-order valence-corrected chi connectivity index (χ1v) is 3.29. The van der Waals surface area contributed by atoms with E-state index in [2.05, 4.69) is 10.5 Å². The average Bonchev–Trinajstić information content (AvgIpc) is 2.57. The first-order valence-electron chi connectivity index (χ1n) is 3.29. The van der Waals surface area contributed by atoms with E-state index in [1.807, 2.05) is 0 Å². The molecule has 1 aromatic rings. The van der Waals surface area contributed by atoms with Crippen molar-refractivity contribution in [1.29, 1.82) is 0 Å². The van der Waals surface area contributed by atoms with Crippen LogP contribution in [0.5, 0.6) is 0 Å². The maximum Gasteiger partial charge on any atom is 0.265 e. The number of nitrogens with zero attached hydrogens (tertiary/aromatic N) is 1. The van der Waals surface area contributed by atoms with Crippen LogP contribution in [0.15, 0.2) is 27.9 Å². The zero-order valence-electron chi connectivity index (χ0n) is 6.23. The van der Waals surface area contributed by atoms with E-state index in [0.29, 0.717) is 5.76 Å². The first-order chi connectivity index (χ1) is 5.83. The Morgan fingerprint density at radius 3 is 3.25 bits per heavy atom. The summed E-state index contributed by atoms with van der Waals surface area (Å²) in [5.41, 5.74) is 2.09. The van der Waals surface area contributed by atoms with Crippen LogP contribution in [-0.4, -0.2) is 23.8 Å². The fourth-order valence-corrected chi connectivity index (χ4v) is 0.568. The molecule has 12 heavy (non-hydrogen) atoms. The van der Waals surface area contributed by atoms with Crippen LogP contribution in [0.4, 0.5) is 0 Å². The van der Waals surface area contributed by atoms with Crippen LogP contribution in [0.1, 0.15) is 5.76 Å². The molecular formula is C7H8N2O3. The molecule has 64 valence electrons. The van der Waals surface area contributed by atoms with Gasteiger partial charge in [-0.2, -0.15) is 5.10 Å². The van der Waals surface area contributed by atoms with Gasteiger partial charge in [0.15, 0.2) is 0 Å². The molecule has 0 aliphatic heterocycles. The van der Waals surface area contributed by atoms with Gasteiger partial charge in [0.2, 0.25) is 0 Å². The van der Waals surface area contributed by atoms with Crippen LogP contribution in [0, 0.1) is 0 Å². The highest BCUT2D eigenvalue weighted by Gasteiger charge is 1.93. The highest BCUT2D eigenvalue weighted by Crippen LogP contribution is 1.93. The summed E-state index contributed by atoms with van der Waals surface area (Å²) in [7, 11) is 0. The van der Waals surface area contributed by atoms with Crippen LogP contribution >= 0.6 is 0 Å². The lowest BCUT2D eigenvalue weighted by atomic mass is 10.5. The lowest BCUT2D eigenvalue weighted by Crippen LogP contribution is -2.20. The number of hydrogen-bond acceptors (Lipinski definition) is 4. The van der Waals surface area contributed by atoms with Gasteiger partial charge in [0, 0.05) is 0 Å².